The van der Waals surface area contributed by atoms with Crippen molar-refractivity contribution >= 4 is 40.1 Å². The fourth-order valence-electron chi connectivity index (χ4n) is 4.81. The molecule has 2 heterocycles. The van der Waals surface area contributed by atoms with E-state index in [1.54, 1.807) is 12.4 Å². The Bertz CT molecular complexity index is 1650. The molecule has 0 aliphatic rings. The van der Waals surface area contributed by atoms with Crippen LogP contribution in [0.25, 0.3) is 22.2 Å². The number of hydrogen-bond donors (Lipinski definition) is 1. The Hall–Kier alpha value is -3.59. The number of thioether (sulfide) groups is 1. The smallest absolute Gasteiger partial charge is 0.138 e. The van der Waals surface area contributed by atoms with Crippen LogP contribution in [-0.4, -0.2) is 40.5 Å². The van der Waals surface area contributed by atoms with E-state index < -0.39 is 0 Å². The van der Waals surface area contributed by atoms with Gasteiger partial charge in [-0.3, -0.25) is 4.90 Å². The highest BCUT2D eigenvalue weighted by molar-refractivity contribution is 7.98. The highest BCUT2D eigenvalue weighted by Crippen LogP contribution is 2.33. The maximum atomic E-state index is 13.5. The summed E-state index contributed by atoms with van der Waals surface area (Å²) in [4.78, 5) is 11.3. The third kappa shape index (κ3) is 7.24. The maximum absolute atomic E-state index is 13.5. The minimum atomic E-state index is -0.294. The summed E-state index contributed by atoms with van der Waals surface area (Å²) >= 11 is 8.36. The Kier molecular flexibility index (Phi) is 10.00. The average molecular weight is 605 g/mol. The summed E-state index contributed by atoms with van der Waals surface area (Å²) in [6, 6.07) is 22.4. The SMILES string of the molecule is CCN(C)C(CCSC)c1ccc(-c2ccc3ncnc(NCc4ccc(OCc5cccc(F)c5)c(Cl)c4)c3c2)o1. The molecular formula is C33H34ClFN4O2S. The zero-order chi connectivity index (χ0) is 29.5. The van der Waals surface area contributed by atoms with Crippen LogP contribution in [0, 0.1) is 5.82 Å². The Balaban J connectivity index is 1.30. The first-order valence-electron chi connectivity index (χ1n) is 13.9. The van der Waals surface area contributed by atoms with Crippen LogP contribution in [0.4, 0.5) is 10.2 Å². The second-order valence-electron chi connectivity index (χ2n) is 10.1. The van der Waals surface area contributed by atoms with E-state index in [1.807, 2.05) is 54.2 Å². The molecular weight excluding hydrogens is 571 g/mol. The van der Waals surface area contributed by atoms with Crippen LogP contribution in [0.5, 0.6) is 5.75 Å². The molecule has 2 aromatic heterocycles. The molecule has 6 nitrogen and oxygen atoms in total. The number of benzene rings is 3. The topological polar surface area (TPSA) is 63.4 Å². The molecule has 1 atom stereocenters. The molecule has 0 amide bonds. The monoisotopic (exact) mass is 604 g/mol. The number of hydrogen-bond acceptors (Lipinski definition) is 7. The van der Waals surface area contributed by atoms with Crippen molar-refractivity contribution < 1.29 is 13.5 Å². The van der Waals surface area contributed by atoms with Gasteiger partial charge in [-0.05, 0) is 97.7 Å². The summed E-state index contributed by atoms with van der Waals surface area (Å²) < 4.78 is 25.7. The van der Waals surface area contributed by atoms with Crippen LogP contribution in [0.1, 0.15) is 36.3 Å². The normalized spacial score (nSPS) is 12.1. The van der Waals surface area contributed by atoms with Crippen molar-refractivity contribution in [3.63, 3.8) is 0 Å². The van der Waals surface area contributed by atoms with Crippen molar-refractivity contribution in [3.05, 3.63) is 107 Å². The molecule has 42 heavy (non-hydrogen) atoms. The third-order valence-electron chi connectivity index (χ3n) is 7.24. The van der Waals surface area contributed by atoms with Crippen molar-refractivity contribution in [1.29, 1.82) is 0 Å². The molecule has 218 valence electrons. The maximum Gasteiger partial charge on any atom is 0.138 e. The summed E-state index contributed by atoms with van der Waals surface area (Å²) in [7, 11) is 2.14. The lowest BCUT2D eigenvalue weighted by Gasteiger charge is -2.24. The molecule has 0 fully saturated rings. The number of nitrogens with zero attached hydrogens (tertiary/aromatic N) is 3. The van der Waals surface area contributed by atoms with Crippen molar-refractivity contribution in [1.82, 2.24) is 14.9 Å². The minimum absolute atomic E-state index is 0.231. The molecule has 5 aromatic rings. The molecule has 9 heteroatoms. The summed E-state index contributed by atoms with van der Waals surface area (Å²) in [6.07, 6.45) is 4.72. The first kappa shape index (κ1) is 29.9. The minimum Gasteiger partial charge on any atom is -0.487 e. The van der Waals surface area contributed by atoms with Crippen LogP contribution in [0.2, 0.25) is 5.02 Å². The fourth-order valence-corrected chi connectivity index (χ4v) is 5.53. The predicted octanol–water partition coefficient (Wildman–Crippen LogP) is 8.62. The standard InChI is InChI=1S/C33H34ClFN4O2S/c1-4-39(2)29(14-15-42-3)32-13-12-30(41-32)24-9-10-28-26(18-24)33(38-21-37-28)36-19-22-8-11-31(27(34)17-22)40-20-23-6-5-7-25(35)16-23/h5-13,16-18,21,29H,4,14-15,19-20H2,1-3H3,(H,36,37,38). The van der Waals surface area contributed by atoms with E-state index in [4.69, 9.17) is 20.8 Å². The zero-order valence-electron chi connectivity index (χ0n) is 23.9. The number of fused-ring (bicyclic) bond motifs is 1. The van der Waals surface area contributed by atoms with Gasteiger partial charge < -0.3 is 14.5 Å². The number of rotatable bonds is 13. The molecule has 5 rings (SSSR count). The van der Waals surface area contributed by atoms with E-state index >= 15 is 0 Å². The van der Waals surface area contributed by atoms with E-state index in [-0.39, 0.29) is 18.5 Å². The Morgan fingerprint density at radius 1 is 1.05 bits per heavy atom. The number of halogens is 2. The number of aromatic nitrogens is 2. The first-order valence-corrected chi connectivity index (χ1v) is 15.7. The number of ether oxygens (including phenoxy) is 1. The second kappa shape index (κ2) is 14.1. The fraction of sp³-hybridized carbons (Fsp3) is 0.273. The molecule has 1 unspecified atom stereocenters. The van der Waals surface area contributed by atoms with E-state index in [0.717, 1.165) is 63.7 Å². The molecule has 0 saturated heterocycles. The third-order valence-corrected chi connectivity index (χ3v) is 8.18. The van der Waals surface area contributed by atoms with Gasteiger partial charge in [0.2, 0.25) is 0 Å². The first-order chi connectivity index (χ1) is 20.4. The Labute approximate surface area is 255 Å². The quantitative estimate of drug-likeness (QED) is 0.144. The highest BCUT2D eigenvalue weighted by Gasteiger charge is 2.20. The lowest BCUT2D eigenvalue weighted by Crippen LogP contribution is -2.24. The average Bonchev–Trinajstić information content (AvgIpc) is 3.49. The van der Waals surface area contributed by atoms with Crippen molar-refractivity contribution in [2.75, 3.05) is 30.9 Å². The largest absolute Gasteiger partial charge is 0.487 e. The van der Waals surface area contributed by atoms with Gasteiger partial charge >= 0.3 is 0 Å². The molecule has 0 aliphatic heterocycles. The summed E-state index contributed by atoms with van der Waals surface area (Å²) in [5.74, 6) is 3.84. The molecule has 3 aromatic carbocycles. The molecule has 0 saturated carbocycles. The highest BCUT2D eigenvalue weighted by atomic mass is 35.5. The Morgan fingerprint density at radius 2 is 1.93 bits per heavy atom. The van der Waals surface area contributed by atoms with Gasteiger partial charge in [0.15, 0.2) is 0 Å². The van der Waals surface area contributed by atoms with E-state index in [2.05, 4.69) is 52.5 Å². The van der Waals surface area contributed by atoms with Gasteiger partial charge in [-0.2, -0.15) is 11.8 Å². The van der Waals surface area contributed by atoms with Gasteiger partial charge in [-0.15, -0.1) is 0 Å². The summed E-state index contributed by atoms with van der Waals surface area (Å²) in [5.41, 5.74) is 3.51. The molecule has 0 bridgehead atoms. The summed E-state index contributed by atoms with van der Waals surface area (Å²) in [6.45, 7) is 3.85. The lowest BCUT2D eigenvalue weighted by molar-refractivity contribution is 0.222. The number of furan rings is 1. The van der Waals surface area contributed by atoms with Crippen LogP contribution in [0.3, 0.4) is 0 Å². The lowest BCUT2D eigenvalue weighted by atomic mass is 10.1. The van der Waals surface area contributed by atoms with Gasteiger partial charge in [0.25, 0.3) is 0 Å². The van der Waals surface area contributed by atoms with Gasteiger partial charge in [-0.25, -0.2) is 14.4 Å². The van der Waals surface area contributed by atoms with E-state index in [1.165, 1.54) is 12.1 Å². The van der Waals surface area contributed by atoms with E-state index in [0.29, 0.717) is 17.3 Å². The molecule has 1 N–H and O–H groups in total. The number of nitrogens with one attached hydrogen (secondary N) is 1. The molecule has 0 spiro atoms. The van der Waals surface area contributed by atoms with Crippen LogP contribution < -0.4 is 10.1 Å². The van der Waals surface area contributed by atoms with Crippen molar-refractivity contribution in [2.24, 2.45) is 0 Å². The van der Waals surface area contributed by atoms with Gasteiger partial charge in [0.05, 0.1) is 16.6 Å². The summed E-state index contributed by atoms with van der Waals surface area (Å²) in [5, 5.41) is 4.82. The van der Waals surface area contributed by atoms with Crippen LogP contribution in [-0.2, 0) is 13.2 Å². The number of anilines is 1. The van der Waals surface area contributed by atoms with Crippen molar-refractivity contribution in [2.45, 2.75) is 32.5 Å². The molecule has 0 aliphatic carbocycles. The Morgan fingerprint density at radius 3 is 2.71 bits per heavy atom. The molecule has 0 radical (unpaired) electrons. The van der Waals surface area contributed by atoms with Gasteiger partial charge in [-0.1, -0.05) is 36.7 Å². The van der Waals surface area contributed by atoms with Crippen LogP contribution in [0.15, 0.2) is 83.5 Å². The van der Waals surface area contributed by atoms with Gasteiger partial charge in [0, 0.05) is 17.5 Å². The van der Waals surface area contributed by atoms with Crippen LogP contribution >= 0.6 is 23.4 Å². The van der Waals surface area contributed by atoms with Crippen molar-refractivity contribution in [3.8, 4) is 17.1 Å². The zero-order valence-corrected chi connectivity index (χ0v) is 25.5. The second-order valence-corrected chi connectivity index (χ2v) is 11.5. The predicted molar refractivity (Wildman–Crippen MR) is 171 cm³/mol. The van der Waals surface area contributed by atoms with E-state index in [9.17, 15) is 4.39 Å². The van der Waals surface area contributed by atoms with Gasteiger partial charge in [0.1, 0.15) is 41.8 Å².